The van der Waals surface area contributed by atoms with Gasteiger partial charge in [-0.05, 0) is 80.3 Å². The van der Waals surface area contributed by atoms with Crippen molar-refractivity contribution in [3.05, 3.63) is 70.5 Å². The molecule has 0 bridgehead atoms. The van der Waals surface area contributed by atoms with E-state index in [2.05, 4.69) is 31.0 Å². The highest BCUT2D eigenvalue weighted by molar-refractivity contribution is 5.81. The van der Waals surface area contributed by atoms with Gasteiger partial charge in [0, 0.05) is 57.2 Å². The Morgan fingerprint density at radius 3 is 2.18 bits per heavy atom. The second kappa shape index (κ2) is 11.7. The van der Waals surface area contributed by atoms with Crippen molar-refractivity contribution < 1.29 is 22.8 Å². The minimum Gasteiger partial charge on any atom is -0.356 e. The molecule has 3 atom stereocenters. The molecule has 2 aromatic carbocycles. The van der Waals surface area contributed by atoms with E-state index in [9.17, 15) is 22.8 Å². The summed E-state index contributed by atoms with van der Waals surface area (Å²) in [5, 5.41) is 2.82. The van der Waals surface area contributed by atoms with Gasteiger partial charge < -0.3 is 10.2 Å². The molecule has 2 aliphatic heterocycles. The van der Waals surface area contributed by atoms with Crippen molar-refractivity contribution in [1.29, 1.82) is 0 Å². The minimum absolute atomic E-state index is 0.00674. The zero-order valence-electron chi connectivity index (χ0n) is 23.6. The number of hydrogen-bond acceptors (Lipinski definition) is 3. The summed E-state index contributed by atoms with van der Waals surface area (Å²) >= 11 is 0. The molecule has 4 rings (SSSR count). The van der Waals surface area contributed by atoms with Crippen LogP contribution in [0.4, 0.5) is 13.2 Å². The Morgan fingerprint density at radius 2 is 1.59 bits per heavy atom. The van der Waals surface area contributed by atoms with Crippen LogP contribution >= 0.6 is 0 Å². The Hall–Kier alpha value is -2.87. The third kappa shape index (κ3) is 6.65. The van der Waals surface area contributed by atoms with Gasteiger partial charge in [0.2, 0.25) is 11.8 Å². The molecule has 212 valence electrons. The summed E-state index contributed by atoms with van der Waals surface area (Å²) in [4.78, 5) is 29.3. The molecule has 3 unspecified atom stereocenters. The van der Waals surface area contributed by atoms with Gasteiger partial charge in [0.15, 0.2) is 0 Å². The zero-order chi connectivity index (χ0) is 28.5. The number of nitrogens with one attached hydrogen (secondary N) is 1. The van der Waals surface area contributed by atoms with Crippen LogP contribution in [0.15, 0.2) is 36.4 Å². The molecule has 2 saturated heterocycles. The normalized spacial score (nSPS) is 21.7. The lowest BCUT2D eigenvalue weighted by Gasteiger charge is -2.36. The molecule has 2 fully saturated rings. The molecule has 0 radical (unpaired) electrons. The molecule has 2 amide bonds. The van der Waals surface area contributed by atoms with Gasteiger partial charge in [-0.25, -0.2) is 13.2 Å². The lowest BCUT2D eigenvalue weighted by Crippen LogP contribution is -2.44. The maximum Gasteiger partial charge on any atom is 0.227 e. The summed E-state index contributed by atoms with van der Waals surface area (Å²) in [6.07, 6.45) is 1.48. The number of carbonyl (C=O) groups is 2. The summed E-state index contributed by atoms with van der Waals surface area (Å²) in [5.41, 5.74) is 2.15. The smallest absolute Gasteiger partial charge is 0.227 e. The Bertz CT molecular complexity index is 1200. The van der Waals surface area contributed by atoms with Gasteiger partial charge in [0.05, 0.1) is 5.92 Å². The molecular formula is C31H40F3N3O2. The molecule has 39 heavy (non-hydrogen) atoms. The van der Waals surface area contributed by atoms with E-state index in [1.807, 2.05) is 17.9 Å². The molecule has 2 heterocycles. The third-order valence-electron chi connectivity index (χ3n) is 8.43. The first-order valence-corrected chi connectivity index (χ1v) is 13.9. The van der Waals surface area contributed by atoms with Crippen molar-refractivity contribution in [2.45, 2.75) is 70.8 Å². The van der Waals surface area contributed by atoms with E-state index in [1.165, 1.54) is 25.1 Å². The molecule has 2 aliphatic rings. The van der Waals surface area contributed by atoms with Crippen LogP contribution in [0, 0.1) is 23.4 Å². The van der Waals surface area contributed by atoms with Gasteiger partial charge >= 0.3 is 0 Å². The number of amides is 2. The number of halogens is 3. The van der Waals surface area contributed by atoms with Crippen LogP contribution in [0.2, 0.25) is 0 Å². The predicted molar refractivity (Wildman–Crippen MR) is 146 cm³/mol. The Labute approximate surface area is 229 Å². The number of benzene rings is 2. The monoisotopic (exact) mass is 543 g/mol. The lowest BCUT2D eigenvalue weighted by molar-refractivity contribution is -0.136. The first-order valence-electron chi connectivity index (χ1n) is 13.9. The van der Waals surface area contributed by atoms with E-state index in [4.69, 9.17) is 0 Å². The molecule has 5 nitrogen and oxygen atoms in total. The second-order valence-electron chi connectivity index (χ2n) is 12.2. The van der Waals surface area contributed by atoms with E-state index in [0.717, 1.165) is 30.0 Å². The maximum atomic E-state index is 14.8. The van der Waals surface area contributed by atoms with E-state index in [-0.39, 0.29) is 40.9 Å². The number of nitrogens with zero attached hydrogens (tertiary/aromatic N) is 2. The number of piperidine rings is 1. The SMILES string of the molecule is CC(=O)NCC(C)c1cc(F)ccc1C1CCN(C(=O)C2CN(C(C)(C)C)CC2c2ccc(F)cc2F)CC1. The quantitative estimate of drug-likeness (QED) is 0.519. The average Bonchev–Trinajstić information content (AvgIpc) is 3.33. The summed E-state index contributed by atoms with van der Waals surface area (Å²) in [6.45, 7) is 12.3. The van der Waals surface area contributed by atoms with Gasteiger partial charge in [0.1, 0.15) is 17.5 Å². The van der Waals surface area contributed by atoms with E-state index >= 15 is 0 Å². The number of likely N-dealkylation sites (tertiary alicyclic amines) is 2. The van der Waals surface area contributed by atoms with Crippen molar-refractivity contribution in [3.63, 3.8) is 0 Å². The summed E-state index contributed by atoms with van der Waals surface area (Å²) < 4.78 is 42.6. The first kappa shape index (κ1) is 29.1. The highest BCUT2D eigenvalue weighted by atomic mass is 19.1. The summed E-state index contributed by atoms with van der Waals surface area (Å²) in [7, 11) is 0. The highest BCUT2D eigenvalue weighted by Gasteiger charge is 2.44. The van der Waals surface area contributed by atoms with Crippen molar-refractivity contribution in [1.82, 2.24) is 15.1 Å². The van der Waals surface area contributed by atoms with Crippen molar-refractivity contribution >= 4 is 11.8 Å². The minimum atomic E-state index is -0.626. The summed E-state index contributed by atoms with van der Waals surface area (Å²) in [5.74, 6) is -2.30. The fourth-order valence-corrected chi connectivity index (χ4v) is 6.12. The van der Waals surface area contributed by atoms with Gasteiger partial charge in [-0.2, -0.15) is 0 Å². The van der Waals surface area contributed by atoms with Crippen molar-refractivity contribution in [2.75, 3.05) is 32.7 Å². The fourth-order valence-electron chi connectivity index (χ4n) is 6.12. The molecule has 0 saturated carbocycles. The molecule has 2 aromatic rings. The van der Waals surface area contributed by atoms with Crippen molar-refractivity contribution in [3.8, 4) is 0 Å². The Balaban J connectivity index is 1.50. The van der Waals surface area contributed by atoms with Crippen LogP contribution in [0.25, 0.3) is 0 Å². The molecule has 8 heteroatoms. The maximum absolute atomic E-state index is 14.8. The highest BCUT2D eigenvalue weighted by Crippen LogP contribution is 2.40. The number of carbonyl (C=O) groups excluding carboxylic acids is 2. The second-order valence-corrected chi connectivity index (χ2v) is 12.2. The van der Waals surface area contributed by atoms with E-state index < -0.39 is 17.6 Å². The van der Waals surface area contributed by atoms with Gasteiger partial charge in [-0.3, -0.25) is 14.5 Å². The Morgan fingerprint density at radius 1 is 0.974 bits per heavy atom. The molecule has 0 aliphatic carbocycles. The standard InChI is InChI=1S/C31H40F3N3O2/c1-19(16-35-20(2)38)26-14-22(32)6-8-24(26)21-10-12-36(13-11-21)30(39)28-18-37(31(3,4)5)17-27(28)25-9-7-23(33)15-29(25)34/h6-9,14-15,19,21,27-28H,10-13,16-18H2,1-5H3,(H,35,38). The average molecular weight is 544 g/mol. The van der Waals surface area contributed by atoms with Crippen LogP contribution in [-0.4, -0.2) is 59.9 Å². The number of hydrogen-bond donors (Lipinski definition) is 1. The number of rotatable bonds is 6. The van der Waals surface area contributed by atoms with E-state index in [1.54, 1.807) is 6.07 Å². The van der Waals surface area contributed by atoms with Gasteiger partial charge in [-0.15, -0.1) is 0 Å². The van der Waals surface area contributed by atoms with Crippen LogP contribution in [-0.2, 0) is 9.59 Å². The Kier molecular flexibility index (Phi) is 8.74. The molecule has 0 aromatic heterocycles. The lowest BCUT2D eigenvalue weighted by atomic mass is 9.82. The van der Waals surface area contributed by atoms with Gasteiger partial charge in [0.25, 0.3) is 0 Å². The van der Waals surface area contributed by atoms with Gasteiger partial charge in [-0.1, -0.05) is 19.1 Å². The van der Waals surface area contributed by atoms with Crippen LogP contribution in [0.3, 0.4) is 0 Å². The van der Waals surface area contributed by atoms with Crippen LogP contribution in [0.1, 0.15) is 81.9 Å². The molecule has 0 spiro atoms. The first-order chi connectivity index (χ1) is 18.3. The fraction of sp³-hybridized carbons (Fsp3) is 0.548. The topological polar surface area (TPSA) is 52.7 Å². The largest absolute Gasteiger partial charge is 0.356 e. The predicted octanol–water partition coefficient (Wildman–Crippen LogP) is 5.56. The summed E-state index contributed by atoms with van der Waals surface area (Å²) in [6, 6.07) is 8.51. The third-order valence-corrected chi connectivity index (χ3v) is 8.43. The van der Waals surface area contributed by atoms with E-state index in [0.29, 0.717) is 38.3 Å². The van der Waals surface area contributed by atoms with Crippen LogP contribution in [0.5, 0.6) is 0 Å². The van der Waals surface area contributed by atoms with Crippen LogP contribution < -0.4 is 5.32 Å². The van der Waals surface area contributed by atoms with Crippen molar-refractivity contribution in [2.24, 2.45) is 5.92 Å². The molecule has 1 N–H and O–H groups in total. The molecular weight excluding hydrogens is 503 g/mol. The zero-order valence-corrected chi connectivity index (χ0v) is 23.6.